The number of hydrogen-bond acceptors (Lipinski definition) is 7. The number of benzene rings is 3. The molecule has 8 nitrogen and oxygen atoms in total. The zero-order chi connectivity index (χ0) is 24.8. The van der Waals surface area contributed by atoms with Crippen LogP contribution in [0.5, 0.6) is 17.2 Å². The Hall–Kier alpha value is -4.17. The molecule has 4 rings (SSSR count). The zero-order valence-electron chi connectivity index (χ0n) is 19.7. The Morgan fingerprint density at radius 1 is 0.943 bits per heavy atom. The number of piperazine rings is 1. The molecule has 1 heterocycles. The summed E-state index contributed by atoms with van der Waals surface area (Å²) >= 11 is 0. The van der Waals surface area contributed by atoms with Crippen molar-refractivity contribution in [3.63, 3.8) is 0 Å². The maximum Gasteiger partial charge on any atom is 0.312 e. The maximum absolute atomic E-state index is 12.7. The number of carbonyl (C=O) groups is 1. The molecule has 180 valence electrons. The molecule has 3 aromatic rings. The Morgan fingerprint density at radius 3 is 2.23 bits per heavy atom. The molecule has 0 aromatic heterocycles. The van der Waals surface area contributed by atoms with Crippen LogP contribution in [0.1, 0.15) is 15.9 Å². The molecule has 0 aliphatic carbocycles. The summed E-state index contributed by atoms with van der Waals surface area (Å²) in [6, 6.07) is 18.9. The number of likely N-dealkylation sites (N-methyl/N-ethyl adjacent to an activating group) is 1. The second-order valence-electron chi connectivity index (χ2n) is 8.30. The number of ether oxygens (including phenoxy) is 2. The molecule has 0 radical (unpaired) electrons. The summed E-state index contributed by atoms with van der Waals surface area (Å²) in [5.41, 5.74) is 2.00. The number of nitro benzene ring substituents is 1. The highest BCUT2D eigenvalue weighted by Crippen LogP contribution is 2.33. The van der Waals surface area contributed by atoms with E-state index in [-0.39, 0.29) is 17.2 Å². The Kier molecular flexibility index (Phi) is 7.42. The second kappa shape index (κ2) is 10.8. The number of hydrogen-bond donors (Lipinski definition) is 0. The van der Waals surface area contributed by atoms with Crippen LogP contribution < -0.4 is 14.4 Å². The molecule has 0 unspecified atom stereocenters. The van der Waals surface area contributed by atoms with Crippen LogP contribution >= 0.6 is 0 Å². The van der Waals surface area contributed by atoms with Gasteiger partial charge in [0.15, 0.2) is 5.78 Å². The van der Waals surface area contributed by atoms with Gasteiger partial charge in [0.2, 0.25) is 5.75 Å². The van der Waals surface area contributed by atoms with Gasteiger partial charge in [0.25, 0.3) is 0 Å². The van der Waals surface area contributed by atoms with Crippen molar-refractivity contribution >= 4 is 23.2 Å². The molecule has 1 aliphatic rings. The van der Waals surface area contributed by atoms with Crippen molar-refractivity contribution in [3.8, 4) is 17.2 Å². The molecule has 1 saturated heterocycles. The van der Waals surface area contributed by atoms with Crippen molar-refractivity contribution in [1.29, 1.82) is 0 Å². The number of nitro groups is 1. The molecule has 0 bridgehead atoms. The molecule has 0 N–H and O–H groups in total. The average molecular weight is 474 g/mol. The predicted octanol–water partition coefficient (Wildman–Crippen LogP) is 5.04. The number of carbonyl (C=O) groups excluding carboxylic acids is 1. The fourth-order valence-corrected chi connectivity index (χ4v) is 3.81. The van der Waals surface area contributed by atoms with E-state index in [0.717, 1.165) is 31.9 Å². The Bertz CT molecular complexity index is 1210. The number of rotatable bonds is 8. The minimum atomic E-state index is -0.505. The quantitative estimate of drug-likeness (QED) is 0.196. The van der Waals surface area contributed by atoms with E-state index in [1.807, 2.05) is 24.3 Å². The first-order valence-electron chi connectivity index (χ1n) is 11.3. The predicted molar refractivity (Wildman–Crippen MR) is 136 cm³/mol. The summed E-state index contributed by atoms with van der Waals surface area (Å²) in [5, 5.41) is 11.6. The van der Waals surface area contributed by atoms with Gasteiger partial charge in [-0.1, -0.05) is 12.1 Å². The van der Waals surface area contributed by atoms with Crippen LogP contribution in [0, 0.1) is 10.1 Å². The lowest BCUT2D eigenvalue weighted by atomic mass is 10.1. The first-order valence-corrected chi connectivity index (χ1v) is 11.3. The lowest BCUT2D eigenvalue weighted by Crippen LogP contribution is -2.44. The number of ketones is 1. The van der Waals surface area contributed by atoms with Crippen LogP contribution in [0.15, 0.2) is 72.8 Å². The van der Waals surface area contributed by atoms with Gasteiger partial charge in [0.05, 0.1) is 12.0 Å². The fraction of sp³-hybridized carbons (Fsp3) is 0.222. The van der Waals surface area contributed by atoms with Crippen molar-refractivity contribution in [2.24, 2.45) is 0 Å². The highest BCUT2D eigenvalue weighted by Gasteiger charge is 2.17. The molecule has 0 saturated carbocycles. The number of anilines is 1. The van der Waals surface area contributed by atoms with Crippen molar-refractivity contribution in [1.82, 2.24) is 4.90 Å². The van der Waals surface area contributed by atoms with Crippen LogP contribution in [0.25, 0.3) is 6.08 Å². The largest absolute Gasteiger partial charge is 0.497 e. The molecule has 0 spiro atoms. The maximum atomic E-state index is 12.7. The molecular formula is C27H27N3O5. The van der Waals surface area contributed by atoms with E-state index >= 15 is 0 Å². The molecule has 0 amide bonds. The third kappa shape index (κ3) is 6.04. The van der Waals surface area contributed by atoms with Gasteiger partial charge in [0.1, 0.15) is 11.5 Å². The third-order valence-electron chi connectivity index (χ3n) is 5.91. The van der Waals surface area contributed by atoms with Gasteiger partial charge < -0.3 is 19.3 Å². The Morgan fingerprint density at radius 2 is 1.60 bits per heavy atom. The highest BCUT2D eigenvalue weighted by atomic mass is 16.6. The first-order chi connectivity index (χ1) is 16.9. The molecular weight excluding hydrogens is 446 g/mol. The summed E-state index contributed by atoms with van der Waals surface area (Å²) in [4.78, 5) is 28.4. The minimum absolute atomic E-state index is 0.114. The van der Waals surface area contributed by atoms with E-state index in [2.05, 4.69) is 16.8 Å². The summed E-state index contributed by atoms with van der Waals surface area (Å²) < 4.78 is 10.8. The van der Waals surface area contributed by atoms with Crippen LogP contribution in [-0.4, -0.2) is 55.9 Å². The molecule has 1 fully saturated rings. The lowest BCUT2D eigenvalue weighted by Gasteiger charge is -2.34. The van der Waals surface area contributed by atoms with Crippen molar-refractivity contribution in [3.05, 3.63) is 94.0 Å². The lowest BCUT2D eigenvalue weighted by molar-refractivity contribution is -0.385. The number of nitrogens with zero attached hydrogens (tertiary/aromatic N) is 3. The summed E-state index contributed by atoms with van der Waals surface area (Å²) in [6.45, 7) is 3.94. The monoisotopic (exact) mass is 473 g/mol. The Labute approximate surface area is 204 Å². The first kappa shape index (κ1) is 24.0. The van der Waals surface area contributed by atoms with E-state index in [1.54, 1.807) is 43.5 Å². The summed E-state index contributed by atoms with van der Waals surface area (Å²) in [6.07, 6.45) is 2.99. The molecule has 35 heavy (non-hydrogen) atoms. The molecule has 0 atom stereocenters. The smallest absolute Gasteiger partial charge is 0.312 e. The van der Waals surface area contributed by atoms with E-state index in [9.17, 15) is 14.9 Å². The Balaban J connectivity index is 1.44. The van der Waals surface area contributed by atoms with E-state index in [1.165, 1.54) is 18.2 Å². The van der Waals surface area contributed by atoms with Gasteiger partial charge >= 0.3 is 5.69 Å². The zero-order valence-corrected chi connectivity index (χ0v) is 19.7. The van der Waals surface area contributed by atoms with Gasteiger partial charge in [0, 0.05) is 43.5 Å². The van der Waals surface area contributed by atoms with Crippen LogP contribution in [-0.2, 0) is 0 Å². The summed E-state index contributed by atoms with van der Waals surface area (Å²) in [5.74, 6) is 1.05. The second-order valence-corrected chi connectivity index (χ2v) is 8.30. The van der Waals surface area contributed by atoms with Crippen molar-refractivity contribution in [2.75, 3.05) is 45.2 Å². The van der Waals surface area contributed by atoms with Crippen molar-refractivity contribution < 1.29 is 19.2 Å². The van der Waals surface area contributed by atoms with E-state index in [0.29, 0.717) is 22.6 Å². The normalized spacial score (nSPS) is 14.2. The number of methoxy groups -OCH3 is 1. The molecule has 1 aliphatic heterocycles. The van der Waals surface area contributed by atoms with Crippen LogP contribution in [0.2, 0.25) is 0 Å². The van der Waals surface area contributed by atoms with E-state index in [4.69, 9.17) is 9.47 Å². The topological polar surface area (TPSA) is 85.2 Å². The van der Waals surface area contributed by atoms with Gasteiger partial charge in [-0.3, -0.25) is 14.9 Å². The molecule has 8 heteroatoms. The summed E-state index contributed by atoms with van der Waals surface area (Å²) in [7, 11) is 3.67. The van der Waals surface area contributed by atoms with Crippen LogP contribution in [0.4, 0.5) is 11.4 Å². The van der Waals surface area contributed by atoms with E-state index < -0.39 is 4.92 Å². The van der Waals surface area contributed by atoms with Gasteiger partial charge in [-0.15, -0.1) is 0 Å². The third-order valence-corrected chi connectivity index (χ3v) is 5.91. The standard InChI is InChI=1S/C27H27N3O5/c1-28-15-17-29(18-16-28)22-7-5-21(6-8-22)26(31)13-3-20-4-14-27(25(19-20)30(32)33)35-24-11-9-23(34-2)10-12-24/h3-14,19H,15-18H2,1-2H3. The van der Waals surface area contributed by atoms with Crippen LogP contribution in [0.3, 0.4) is 0 Å². The highest BCUT2D eigenvalue weighted by molar-refractivity contribution is 6.07. The van der Waals surface area contributed by atoms with Gasteiger partial charge in [-0.25, -0.2) is 0 Å². The average Bonchev–Trinajstić information content (AvgIpc) is 2.88. The van der Waals surface area contributed by atoms with Gasteiger partial charge in [-0.05, 0) is 73.3 Å². The van der Waals surface area contributed by atoms with Crippen molar-refractivity contribution in [2.45, 2.75) is 0 Å². The SMILES string of the molecule is COc1ccc(Oc2ccc(C=CC(=O)c3ccc(N4CCN(C)CC4)cc3)cc2[N+](=O)[O-])cc1. The number of allylic oxidation sites excluding steroid dienone is 1. The molecule has 3 aromatic carbocycles. The fourth-order valence-electron chi connectivity index (χ4n) is 3.81. The van der Waals surface area contributed by atoms with Gasteiger partial charge in [-0.2, -0.15) is 0 Å². The minimum Gasteiger partial charge on any atom is -0.497 e.